The molecule has 316 valence electrons. The number of amides is 2. The summed E-state index contributed by atoms with van der Waals surface area (Å²) in [5, 5.41) is 41.6. The Morgan fingerprint density at radius 1 is 0.883 bits per heavy atom. The van der Waals surface area contributed by atoms with Crippen molar-refractivity contribution >= 4 is 34.1 Å². The molecule has 0 radical (unpaired) electrons. The SMILES string of the molecule is CN(CCCCC(=O)Nc1ccc(CNC[C@H](O)c2ccc(O)c3[nH]c(=O)ccc23)cc1)C(=O)CCN1CC2CC(OC(O)Nc3ccccc3-c3ccccc3)C[C@@H]2C1. The van der Waals surface area contributed by atoms with E-state index < -0.39 is 12.5 Å². The van der Waals surface area contributed by atoms with Gasteiger partial charge in [0.15, 0.2) is 0 Å². The summed E-state index contributed by atoms with van der Waals surface area (Å²) in [4.78, 5) is 44.0. The third-order valence-corrected chi connectivity index (χ3v) is 11.8. The van der Waals surface area contributed by atoms with Crippen molar-refractivity contribution in [1.29, 1.82) is 0 Å². The molecule has 0 bridgehead atoms. The molecular weight excluding hydrogens is 761 g/mol. The number of ether oxygens (including phenoxy) is 1. The quantitative estimate of drug-likeness (QED) is 0.0398. The zero-order valence-electron chi connectivity index (χ0n) is 34.1. The van der Waals surface area contributed by atoms with Crippen molar-refractivity contribution in [2.75, 3.05) is 50.4 Å². The fourth-order valence-electron chi connectivity index (χ4n) is 8.61. The number of unbranched alkanes of at least 4 members (excludes halogenated alkanes) is 1. The molecule has 1 aliphatic heterocycles. The van der Waals surface area contributed by atoms with E-state index in [2.05, 4.69) is 25.8 Å². The van der Waals surface area contributed by atoms with Crippen LogP contribution in [0.25, 0.3) is 22.0 Å². The summed E-state index contributed by atoms with van der Waals surface area (Å²) in [7, 11) is 1.83. The standard InChI is InChI=1S/C47H56N6O7/c1-52(45(58)22-24-53-29-33-25-36(26-34(33)30-53)60-47(59)50-40-12-6-5-11-37(40)32-9-3-2-4-10-32)23-8-7-13-43(56)49-35-16-14-31(15-17-35)27-48-28-42(55)38-18-20-41(54)46-39(38)19-21-44(57)51-46/h2-6,9-12,14-21,33-34,36,42,47-48,50,54-55,59H,7-8,13,22-30H2,1H3,(H,49,56)(H,51,57)/t33-,34?,36?,42+,47?/m1/s1. The Morgan fingerprint density at radius 2 is 1.62 bits per heavy atom. The minimum absolute atomic E-state index is 0.0118. The van der Waals surface area contributed by atoms with Crippen molar-refractivity contribution in [3.05, 3.63) is 125 Å². The molecule has 7 rings (SSSR count). The first-order valence-electron chi connectivity index (χ1n) is 20.9. The van der Waals surface area contributed by atoms with Crippen LogP contribution in [0.15, 0.2) is 108 Å². The van der Waals surface area contributed by atoms with Gasteiger partial charge in [0.1, 0.15) is 5.75 Å². The van der Waals surface area contributed by atoms with Gasteiger partial charge < -0.3 is 50.8 Å². The van der Waals surface area contributed by atoms with Gasteiger partial charge in [-0.1, -0.05) is 66.7 Å². The number of carbonyl (C=O) groups is 2. The second-order valence-corrected chi connectivity index (χ2v) is 16.1. The summed E-state index contributed by atoms with van der Waals surface area (Å²) in [6, 6.07) is 31.5. The third-order valence-electron chi connectivity index (χ3n) is 11.8. The number of aromatic amines is 1. The number of aromatic nitrogens is 1. The van der Waals surface area contributed by atoms with E-state index in [0.29, 0.717) is 66.3 Å². The number of H-pyrrole nitrogens is 1. The van der Waals surface area contributed by atoms with Crippen LogP contribution in [0.4, 0.5) is 11.4 Å². The number of rotatable bonds is 19. The van der Waals surface area contributed by atoms with Gasteiger partial charge in [-0.25, -0.2) is 0 Å². The number of phenols is 1. The molecule has 5 aromatic rings. The van der Waals surface area contributed by atoms with E-state index in [0.717, 1.165) is 61.3 Å². The Balaban J connectivity index is 0.738. The molecule has 0 spiro atoms. The lowest BCUT2D eigenvalue weighted by Crippen LogP contribution is -2.33. The summed E-state index contributed by atoms with van der Waals surface area (Å²) in [6.45, 7) is 3.95. The molecular formula is C47H56N6O7. The van der Waals surface area contributed by atoms with Crippen LogP contribution in [0.2, 0.25) is 0 Å². The summed E-state index contributed by atoms with van der Waals surface area (Å²) in [6.07, 6.45) is 2.04. The Labute approximate surface area is 350 Å². The topological polar surface area (TPSA) is 179 Å². The number of hydrogen-bond donors (Lipinski definition) is 7. The van der Waals surface area contributed by atoms with Gasteiger partial charge in [0.25, 0.3) is 0 Å². The van der Waals surface area contributed by atoms with Gasteiger partial charge >= 0.3 is 0 Å². The lowest BCUT2D eigenvalue weighted by atomic mass is 10.0. The molecule has 5 atom stereocenters. The van der Waals surface area contributed by atoms with Crippen LogP contribution in [-0.2, 0) is 20.9 Å². The average molecular weight is 817 g/mol. The monoisotopic (exact) mass is 816 g/mol. The minimum Gasteiger partial charge on any atom is -0.506 e. The molecule has 13 heteroatoms. The van der Waals surface area contributed by atoms with Crippen LogP contribution in [0.1, 0.15) is 55.8 Å². The van der Waals surface area contributed by atoms with Crippen molar-refractivity contribution in [2.24, 2.45) is 11.8 Å². The highest BCUT2D eigenvalue weighted by Gasteiger charge is 2.42. The Kier molecular flexibility index (Phi) is 14.3. The molecule has 1 aliphatic carbocycles. The fourth-order valence-corrected chi connectivity index (χ4v) is 8.61. The highest BCUT2D eigenvalue weighted by molar-refractivity contribution is 5.90. The van der Waals surface area contributed by atoms with Crippen LogP contribution < -0.4 is 21.5 Å². The molecule has 1 aromatic heterocycles. The van der Waals surface area contributed by atoms with Crippen molar-refractivity contribution < 1.29 is 29.6 Å². The first-order valence-corrected chi connectivity index (χ1v) is 20.9. The number of aromatic hydroxyl groups is 1. The second kappa shape index (κ2) is 20.1. The lowest BCUT2D eigenvalue weighted by molar-refractivity contribution is -0.130. The predicted molar refractivity (Wildman–Crippen MR) is 233 cm³/mol. The number of nitrogens with one attached hydrogen (secondary N) is 4. The number of aliphatic hydroxyl groups is 2. The van der Waals surface area contributed by atoms with Gasteiger partial charge in [0.2, 0.25) is 23.8 Å². The van der Waals surface area contributed by atoms with Crippen LogP contribution in [0.5, 0.6) is 5.75 Å². The fraction of sp³-hybridized carbons (Fsp3) is 0.383. The summed E-state index contributed by atoms with van der Waals surface area (Å²) < 4.78 is 6.06. The zero-order valence-corrected chi connectivity index (χ0v) is 34.1. The zero-order chi connectivity index (χ0) is 42.0. The molecule has 1 saturated carbocycles. The number of para-hydroxylation sites is 1. The number of hydrogen-bond acceptors (Lipinski definition) is 10. The van der Waals surface area contributed by atoms with Crippen molar-refractivity contribution in [3.8, 4) is 16.9 Å². The Bertz CT molecular complexity index is 2250. The maximum atomic E-state index is 12.9. The van der Waals surface area contributed by atoms with E-state index in [9.17, 15) is 29.7 Å². The van der Waals surface area contributed by atoms with Gasteiger partial charge in [-0.15, -0.1) is 0 Å². The molecule has 13 nitrogen and oxygen atoms in total. The smallest absolute Gasteiger partial charge is 0.248 e. The van der Waals surface area contributed by atoms with Crippen LogP contribution in [-0.4, -0.2) is 94.2 Å². The Morgan fingerprint density at radius 3 is 2.38 bits per heavy atom. The van der Waals surface area contributed by atoms with Crippen LogP contribution >= 0.6 is 0 Å². The van der Waals surface area contributed by atoms with E-state index in [1.165, 1.54) is 12.1 Å². The molecule has 7 N–H and O–H groups in total. The maximum absolute atomic E-state index is 12.9. The van der Waals surface area contributed by atoms with E-state index in [4.69, 9.17) is 4.74 Å². The maximum Gasteiger partial charge on any atom is 0.248 e. The molecule has 2 heterocycles. The van der Waals surface area contributed by atoms with Crippen LogP contribution in [0.3, 0.4) is 0 Å². The van der Waals surface area contributed by atoms with E-state index in [-0.39, 0.29) is 35.8 Å². The molecule has 3 unspecified atom stereocenters. The van der Waals surface area contributed by atoms with E-state index >= 15 is 0 Å². The molecule has 60 heavy (non-hydrogen) atoms. The highest BCUT2D eigenvalue weighted by atomic mass is 16.6. The lowest BCUT2D eigenvalue weighted by Gasteiger charge is -2.23. The average Bonchev–Trinajstić information content (AvgIpc) is 3.81. The summed E-state index contributed by atoms with van der Waals surface area (Å²) in [5.74, 6) is 0.968. The number of likely N-dealkylation sites (tertiary alicyclic amines) is 1. The number of benzene rings is 4. The molecule has 2 aliphatic rings. The van der Waals surface area contributed by atoms with E-state index in [1.54, 1.807) is 17.0 Å². The van der Waals surface area contributed by atoms with Crippen molar-refractivity contribution in [1.82, 2.24) is 20.1 Å². The van der Waals surface area contributed by atoms with Gasteiger partial charge in [-0.2, -0.15) is 0 Å². The summed E-state index contributed by atoms with van der Waals surface area (Å²) >= 11 is 0. The van der Waals surface area contributed by atoms with Crippen molar-refractivity contribution in [3.63, 3.8) is 0 Å². The molecule has 2 fully saturated rings. The number of carbonyl (C=O) groups excluding carboxylic acids is 2. The summed E-state index contributed by atoms with van der Waals surface area (Å²) in [5.41, 5.74) is 5.14. The van der Waals surface area contributed by atoms with Gasteiger partial charge in [0.05, 0.1) is 17.7 Å². The second-order valence-electron chi connectivity index (χ2n) is 16.1. The highest BCUT2D eigenvalue weighted by Crippen LogP contribution is 2.40. The number of phenolic OH excluding ortho intramolecular Hbond substituents is 1. The predicted octanol–water partition coefficient (Wildman–Crippen LogP) is 5.80. The minimum atomic E-state index is -1.10. The normalized spacial score (nSPS) is 18.6. The molecule has 4 aromatic carbocycles. The van der Waals surface area contributed by atoms with E-state index in [1.807, 2.05) is 85.9 Å². The third kappa shape index (κ3) is 11.2. The molecule has 2 amide bonds. The number of fused-ring (bicyclic) bond motifs is 2. The number of nitrogens with zero attached hydrogens (tertiary/aromatic N) is 2. The largest absolute Gasteiger partial charge is 0.506 e. The van der Waals surface area contributed by atoms with Gasteiger partial charge in [-0.3, -0.25) is 14.4 Å². The first-order chi connectivity index (χ1) is 29.1. The number of pyridine rings is 1. The van der Waals surface area contributed by atoms with Gasteiger partial charge in [0, 0.05) is 87.5 Å². The molecule has 1 saturated heterocycles. The number of aliphatic hydroxyl groups excluding tert-OH is 2. The Hall–Kier alpha value is -5.57. The van der Waals surface area contributed by atoms with Crippen molar-refractivity contribution in [2.45, 2.75) is 63.7 Å². The van der Waals surface area contributed by atoms with Gasteiger partial charge in [-0.05, 0) is 84.5 Å². The first kappa shape index (κ1) is 42.6. The van der Waals surface area contributed by atoms with Crippen LogP contribution in [0, 0.1) is 11.8 Å². The number of anilines is 2.